The molecule has 3 aromatic rings. The lowest BCUT2D eigenvalue weighted by molar-refractivity contribution is 0.0731. The van der Waals surface area contributed by atoms with Crippen molar-refractivity contribution < 1.29 is 9.53 Å². The van der Waals surface area contributed by atoms with Crippen LogP contribution in [0, 0.1) is 6.92 Å². The van der Waals surface area contributed by atoms with E-state index in [2.05, 4.69) is 10.3 Å². The number of amides is 1. The molecule has 0 saturated carbocycles. The van der Waals surface area contributed by atoms with Crippen LogP contribution in [0.1, 0.15) is 21.6 Å². The summed E-state index contributed by atoms with van der Waals surface area (Å²) in [4.78, 5) is 19.3. The van der Waals surface area contributed by atoms with E-state index in [0.717, 1.165) is 43.1 Å². The molecule has 0 unspecified atom stereocenters. The molecule has 0 atom stereocenters. The van der Waals surface area contributed by atoms with Crippen molar-refractivity contribution in [1.82, 2.24) is 19.6 Å². The van der Waals surface area contributed by atoms with Crippen LogP contribution < -0.4 is 10.1 Å². The summed E-state index contributed by atoms with van der Waals surface area (Å²) in [5, 5.41) is 3.26. The van der Waals surface area contributed by atoms with Crippen LogP contribution >= 0.6 is 0 Å². The molecule has 1 aliphatic rings. The summed E-state index contributed by atoms with van der Waals surface area (Å²) in [5.41, 5.74) is 3.49. The van der Waals surface area contributed by atoms with Crippen molar-refractivity contribution >= 4 is 11.6 Å². The number of carbonyl (C=O) groups excluding carboxylic acids is 1. The number of rotatable bonds is 4. The minimum absolute atomic E-state index is 0.0212. The highest BCUT2D eigenvalue weighted by Crippen LogP contribution is 2.22. The Hall–Kier alpha value is -2.86. The zero-order valence-electron chi connectivity index (χ0n) is 14.8. The maximum Gasteiger partial charge on any atom is 0.257 e. The molecule has 0 spiro atoms. The lowest BCUT2D eigenvalue weighted by atomic mass is 10.1. The van der Waals surface area contributed by atoms with Crippen molar-refractivity contribution in [2.45, 2.75) is 13.5 Å². The molecule has 1 amide bonds. The van der Waals surface area contributed by atoms with Crippen LogP contribution in [0.3, 0.4) is 0 Å². The fourth-order valence-electron chi connectivity index (χ4n) is 3.23. The first-order valence-corrected chi connectivity index (χ1v) is 8.87. The Labute approximate surface area is 152 Å². The highest BCUT2D eigenvalue weighted by atomic mass is 16.5. The molecule has 1 saturated heterocycles. The molecule has 1 fully saturated rings. The zero-order valence-corrected chi connectivity index (χ0v) is 14.8. The largest absolute Gasteiger partial charge is 0.486 e. The quantitative estimate of drug-likeness (QED) is 0.784. The van der Waals surface area contributed by atoms with Gasteiger partial charge in [-0.25, -0.2) is 4.98 Å². The van der Waals surface area contributed by atoms with Gasteiger partial charge in [-0.2, -0.15) is 0 Å². The number of ether oxygens (including phenoxy) is 1. The first-order valence-electron chi connectivity index (χ1n) is 8.87. The maximum atomic E-state index is 12.8. The average Bonchev–Trinajstić information content (AvgIpc) is 3.11. The number of imidazole rings is 1. The van der Waals surface area contributed by atoms with Gasteiger partial charge in [-0.1, -0.05) is 18.2 Å². The molecule has 0 radical (unpaired) electrons. The highest BCUT2D eigenvalue weighted by Gasteiger charge is 2.21. The van der Waals surface area contributed by atoms with Crippen LogP contribution in [0.5, 0.6) is 5.75 Å². The number of carbonyl (C=O) groups is 1. The van der Waals surface area contributed by atoms with Gasteiger partial charge in [-0.15, -0.1) is 0 Å². The van der Waals surface area contributed by atoms with Gasteiger partial charge in [0.05, 0.1) is 11.3 Å². The fourth-order valence-corrected chi connectivity index (χ4v) is 3.23. The van der Waals surface area contributed by atoms with Crippen molar-refractivity contribution in [3.63, 3.8) is 0 Å². The third-order valence-corrected chi connectivity index (χ3v) is 4.63. The van der Waals surface area contributed by atoms with Crippen LogP contribution in [0.4, 0.5) is 0 Å². The molecule has 134 valence electrons. The fraction of sp³-hybridized carbons (Fsp3) is 0.300. The molecule has 2 aromatic heterocycles. The summed E-state index contributed by atoms with van der Waals surface area (Å²) in [6.07, 6.45) is 3.93. The summed E-state index contributed by atoms with van der Waals surface area (Å²) in [5.74, 6) is 0.623. The smallest absolute Gasteiger partial charge is 0.257 e. The van der Waals surface area contributed by atoms with Gasteiger partial charge < -0.3 is 19.4 Å². The van der Waals surface area contributed by atoms with Crippen LogP contribution in [-0.2, 0) is 6.61 Å². The molecular weight excluding hydrogens is 328 g/mol. The lowest BCUT2D eigenvalue weighted by Crippen LogP contribution is -2.46. The number of hydrogen-bond acceptors (Lipinski definition) is 4. The number of nitrogens with zero attached hydrogens (tertiary/aromatic N) is 3. The lowest BCUT2D eigenvalue weighted by Gasteiger charge is -2.28. The number of hydrogen-bond donors (Lipinski definition) is 1. The topological polar surface area (TPSA) is 58.9 Å². The molecule has 4 rings (SSSR count). The molecule has 6 nitrogen and oxygen atoms in total. The van der Waals surface area contributed by atoms with Crippen molar-refractivity contribution in [2.75, 3.05) is 26.2 Å². The molecule has 0 aliphatic carbocycles. The number of aryl methyl sites for hydroxylation is 1. The van der Waals surface area contributed by atoms with Gasteiger partial charge in [0.1, 0.15) is 18.0 Å². The zero-order chi connectivity index (χ0) is 17.9. The van der Waals surface area contributed by atoms with E-state index in [1.807, 2.05) is 65.0 Å². The number of piperazine rings is 1. The van der Waals surface area contributed by atoms with E-state index in [-0.39, 0.29) is 5.91 Å². The Morgan fingerprint density at radius 2 is 2.00 bits per heavy atom. The number of nitrogens with one attached hydrogen (secondary N) is 1. The van der Waals surface area contributed by atoms with E-state index >= 15 is 0 Å². The normalized spacial score (nSPS) is 14.6. The van der Waals surface area contributed by atoms with Gasteiger partial charge in [0.2, 0.25) is 0 Å². The summed E-state index contributed by atoms with van der Waals surface area (Å²) >= 11 is 0. The first kappa shape index (κ1) is 16.6. The van der Waals surface area contributed by atoms with Crippen molar-refractivity contribution in [3.05, 3.63) is 65.6 Å². The summed E-state index contributed by atoms with van der Waals surface area (Å²) in [6.45, 7) is 5.46. The van der Waals surface area contributed by atoms with E-state index in [1.54, 1.807) is 0 Å². The second-order valence-corrected chi connectivity index (χ2v) is 6.48. The molecule has 6 heteroatoms. The first-order chi connectivity index (χ1) is 12.7. The monoisotopic (exact) mass is 350 g/mol. The summed E-state index contributed by atoms with van der Waals surface area (Å²) < 4.78 is 7.96. The second kappa shape index (κ2) is 7.17. The number of para-hydroxylation sites is 1. The van der Waals surface area contributed by atoms with Gasteiger partial charge in [0.15, 0.2) is 0 Å². The number of aromatic nitrogens is 2. The minimum atomic E-state index is 0.0212. The van der Waals surface area contributed by atoms with E-state index in [4.69, 9.17) is 4.74 Å². The third kappa shape index (κ3) is 3.28. The van der Waals surface area contributed by atoms with Crippen LogP contribution in [-0.4, -0.2) is 46.4 Å². The molecule has 3 heterocycles. The summed E-state index contributed by atoms with van der Waals surface area (Å²) in [7, 11) is 0. The van der Waals surface area contributed by atoms with Crippen LogP contribution in [0.15, 0.2) is 48.8 Å². The van der Waals surface area contributed by atoms with Gasteiger partial charge in [-0.3, -0.25) is 4.79 Å². The summed E-state index contributed by atoms with van der Waals surface area (Å²) in [6, 6.07) is 11.5. The predicted molar refractivity (Wildman–Crippen MR) is 99.5 cm³/mol. The Morgan fingerprint density at radius 3 is 2.81 bits per heavy atom. The molecular formula is C20H22N4O2. The van der Waals surface area contributed by atoms with Gasteiger partial charge in [0, 0.05) is 38.6 Å². The van der Waals surface area contributed by atoms with E-state index in [0.29, 0.717) is 17.9 Å². The molecule has 1 N–H and O–H groups in total. The van der Waals surface area contributed by atoms with E-state index in [9.17, 15) is 4.79 Å². The van der Waals surface area contributed by atoms with Gasteiger partial charge in [-0.05, 0) is 30.7 Å². The Balaban J connectivity index is 1.52. The SMILES string of the molecule is Cc1cccn2cc(COc3ccccc3C(=O)N3CCNCC3)nc12. The maximum absolute atomic E-state index is 12.8. The third-order valence-electron chi connectivity index (χ3n) is 4.63. The molecule has 26 heavy (non-hydrogen) atoms. The Kier molecular flexibility index (Phi) is 4.58. The number of benzene rings is 1. The van der Waals surface area contributed by atoms with Crippen molar-refractivity contribution in [1.29, 1.82) is 0 Å². The highest BCUT2D eigenvalue weighted by molar-refractivity contribution is 5.97. The molecule has 1 aliphatic heterocycles. The Morgan fingerprint density at radius 1 is 1.19 bits per heavy atom. The van der Waals surface area contributed by atoms with Crippen molar-refractivity contribution in [2.24, 2.45) is 0 Å². The predicted octanol–water partition coefficient (Wildman–Crippen LogP) is 2.27. The second-order valence-electron chi connectivity index (χ2n) is 6.48. The average molecular weight is 350 g/mol. The van der Waals surface area contributed by atoms with Crippen LogP contribution in [0.25, 0.3) is 5.65 Å². The number of fused-ring (bicyclic) bond motifs is 1. The molecule has 0 bridgehead atoms. The van der Waals surface area contributed by atoms with E-state index in [1.165, 1.54) is 0 Å². The van der Waals surface area contributed by atoms with Gasteiger partial charge in [0.25, 0.3) is 5.91 Å². The minimum Gasteiger partial charge on any atom is -0.486 e. The van der Waals surface area contributed by atoms with Gasteiger partial charge >= 0.3 is 0 Å². The number of pyridine rings is 1. The van der Waals surface area contributed by atoms with E-state index < -0.39 is 0 Å². The molecule has 1 aromatic carbocycles. The Bertz CT molecular complexity index is 928. The van der Waals surface area contributed by atoms with Crippen molar-refractivity contribution in [3.8, 4) is 5.75 Å². The standard InChI is InChI=1S/C20H22N4O2/c1-15-5-4-10-24-13-16(22-19(15)24)14-26-18-7-3-2-6-17(18)20(25)23-11-8-21-9-12-23/h2-7,10,13,21H,8-9,11-12,14H2,1H3. The van der Waals surface area contributed by atoms with Crippen LogP contribution in [0.2, 0.25) is 0 Å².